The summed E-state index contributed by atoms with van der Waals surface area (Å²) in [7, 11) is 1.97. The van der Waals surface area contributed by atoms with Crippen LogP contribution in [0.25, 0.3) is 0 Å². The quantitative estimate of drug-likeness (QED) is 0.808. The molecule has 0 aliphatic carbocycles. The van der Waals surface area contributed by atoms with Gasteiger partial charge in [0.1, 0.15) is 0 Å². The Balaban J connectivity index is 1.75. The molecule has 0 aromatic carbocycles. The van der Waals surface area contributed by atoms with E-state index in [1.165, 1.54) is 5.56 Å². The van der Waals surface area contributed by atoms with Gasteiger partial charge in [0.05, 0.1) is 12.7 Å². The highest BCUT2D eigenvalue weighted by atomic mass is 16.5. The monoisotopic (exact) mass is 235 g/mol. The first kappa shape index (κ1) is 12.5. The van der Waals surface area contributed by atoms with Crippen LogP contribution in [0.2, 0.25) is 0 Å². The minimum absolute atomic E-state index is 0.336. The van der Waals surface area contributed by atoms with Crippen LogP contribution in [0.15, 0.2) is 24.5 Å². The van der Waals surface area contributed by atoms with Gasteiger partial charge >= 0.3 is 0 Å². The molecule has 1 aromatic rings. The molecule has 0 spiro atoms. The van der Waals surface area contributed by atoms with Gasteiger partial charge < -0.3 is 10.1 Å². The molecule has 0 radical (unpaired) electrons. The molecule has 1 fully saturated rings. The topological polar surface area (TPSA) is 37.4 Å². The molecule has 2 rings (SSSR count). The number of hydrogen-bond acceptors (Lipinski definition) is 4. The lowest BCUT2D eigenvalue weighted by Gasteiger charge is -2.32. The Bertz CT molecular complexity index is 316. The number of ether oxygens (including phenoxy) is 1. The minimum atomic E-state index is 0.336. The van der Waals surface area contributed by atoms with Crippen molar-refractivity contribution in [3.05, 3.63) is 30.1 Å². The largest absolute Gasteiger partial charge is 0.374 e. The minimum Gasteiger partial charge on any atom is -0.374 e. The van der Waals surface area contributed by atoms with Crippen LogP contribution in [-0.4, -0.2) is 55.8 Å². The molecule has 1 aromatic heterocycles. The third-order valence-corrected chi connectivity index (χ3v) is 3.09. The van der Waals surface area contributed by atoms with Crippen molar-refractivity contribution in [1.82, 2.24) is 15.2 Å². The molecule has 4 heteroatoms. The smallest absolute Gasteiger partial charge is 0.0826 e. The number of nitrogens with one attached hydrogen (secondary N) is 1. The summed E-state index contributed by atoms with van der Waals surface area (Å²) >= 11 is 0. The Labute approximate surface area is 103 Å². The van der Waals surface area contributed by atoms with Crippen LogP contribution in [0.1, 0.15) is 5.56 Å². The summed E-state index contributed by atoms with van der Waals surface area (Å²) < 4.78 is 5.68. The number of nitrogens with zero attached hydrogens (tertiary/aromatic N) is 2. The molecular formula is C13H21N3O. The SMILES string of the molecule is CNCC1CN(CCc2cccnc2)CCO1. The van der Waals surface area contributed by atoms with Crippen molar-refractivity contribution in [3.63, 3.8) is 0 Å². The van der Waals surface area contributed by atoms with Crippen LogP contribution < -0.4 is 5.32 Å². The second kappa shape index (κ2) is 6.69. The van der Waals surface area contributed by atoms with Crippen molar-refractivity contribution in [2.24, 2.45) is 0 Å². The normalized spacial score (nSPS) is 21.6. The molecule has 1 aliphatic heterocycles. The molecule has 4 nitrogen and oxygen atoms in total. The van der Waals surface area contributed by atoms with Gasteiger partial charge in [-0.15, -0.1) is 0 Å². The number of hydrogen-bond donors (Lipinski definition) is 1. The summed E-state index contributed by atoms with van der Waals surface area (Å²) in [6, 6.07) is 4.14. The molecule has 1 N–H and O–H groups in total. The van der Waals surface area contributed by atoms with Gasteiger partial charge in [0.2, 0.25) is 0 Å². The van der Waals surface area contributed by atoms with Crippen LogP contribution in [0, 0.1) is 0 Å². The van der Waals surface area contributed by atoms with Crippen LogP contribution in [0.3, 0.4) is 0 Å². The molecule has 0 amide bonds. The van der Waals surface area contributed by atoms with Crippen molar-refractivity contribution in [2.75, 3.05) is 39.8 Å². The molecule has 1 saturated heterocycles. The maximum atomic E-state index is 5.68. The summed E-state index contributed by atoms with van der Waals surface area (Å²) in [4.78, 5) is 6.61. The fourth-order valence-electron chi connectivity index (χ4n) is 2.17. The van der Waals surface area contributed by atoms with E-state index in [4.69, 9.17) is 4.74 Å². The highest BCUT2D eigenvalue weighted by Crippen LogP contribution is 2.06. The van der Waals surface area contributed by atoms with Crippen molar-refractivity contribution >= 4 is 0 Å². The van der Waals surface area contributed by atoms with E-state index in [0.717, 1.165) is 39.2 Å². The summed E-state index contributed by atoms with van der Waals surface area (Å²) in [6.07, 6.45) is 5.18. The Hall–Kier alpha value is -0.970. The van der Waals surface area contributed by atoms with Crippen molar-refractivity contribution in [1.29, 1.82) is 0 Å². The van der Waals surface area contributed by atoms with E-state index < -0.39 is 0 Å². The zero-order chi connectivity index (χ0) is 11.9. The van der Waals surface area contributed by atoms with E-state index in [0.29, 0.717) is 6.10 Å². The highest BCUT2D eigenvalue weighted by Gasteiger charge is 2.19. The molecule has 17 heavy (non-hydrogen) atoms. The molecule has 2 heterocycles. The molecule has 0 bridgehead atoms. The number of morpholine rings is 1. The first-order valence-electron chi connectivity index (χ1n) is 6.26. The number of pyridine rings is 1. The van der Waals surface area contributed by atoms with Gasteiger partial charge in [0, 0.05) is 38.6 Å². The van der Waals surface area contributed by atoms with Gasteiger partial charge in [0.15, 0.2) is 0 Å². The summed E-state index contributed by atoms with van der Waals surface area (Å²) in [5.74, 6) is 0. The molecule has 1 unspecified atom stereocenters. The molecular weight excluding hydrogens is 214 g/mol. The van der Waals surface area contributed by atoms with Gasteiger partial charge in [0.25, 0.3) is 0 Å². The Morgan fingerprint density at radius 3 is 3.29 bits per heavy atom. The van der Waals surface area contributed by atoms with E-state index in [2.05, 4.69) is 21.3 Å². The maximum Gasteiger partial charge on any atom is 0.0826 e. The first-order chi connectivity index (χ1) is 8.38. The van der Waals surface area contributed by atoms with Crippen LogP contribution in [0.5, 0.6) is 0 Å². The first-order valence-corrected chi connectivity index (χ1v) is 6.26. The van der Waals surface area contributed by atoms with E-state index >= 15 is 0 Å². The van der Waals surface area contributed by atoms with Gasteiger partial charge in [-0.05, 0) is 25.1 Å². The third-order valence-electron chi connectivity index (χ3n) is 3.09. The lowest BCUT2D eigenvalue weighted by molar-refractivity contribution is -0.0258. The molecule has 0 saturated carbocycles. The van der Waals surface area contributed by atoms with E-state index in [9.17, 15) is 0 Å². The van der Waals surface area contributed by atoms with Crippen molar-refractivity contribution in [2.45, 2.75) is 12.5 Å². The second-order valence-corrected chi connectivity index (χ2v) is 4.46. The third kappa shape index (κ3) is 4.07. The Morgan fingerprint density at radius 1 is 1.59 bits per heavy atom. The summed E-state index contributed by atoms with van der Waals surface area (Å²) in [5.41, 5.74) is 1.31. The second-order valence-electron chi connectivity index (χ2n) is 4.46. The van der Waals surface area contributed by atoms with E-state index in [-0.39, 0.29) is 0 Å². The Kier molecular flexibility index (Phi) is 4.91. The van der Waals surface area contributed by atoms with Crippen molar-refractivity contribution < 1.29 is 4.74 Å². The van der Waals surface area contributed by atoms with Gasteiger partial charge in [-0.3, -0.25) is 9.88 Å². The zero-order valence-electron chi connectivity index (χ0n) is 10.4. The Morgan fingerprint density at radius 2 is 2.53 bits per heavy atom. The average Bonchev–Trinajstić information content (AvgIpc) is 2.39. The molecule has 1 atom stereocenters. The van der Waals surface area contributed by atoms with Crippen LogP contribution >= 0.6 is 0 Å². The standard InChI is InChI=1S/C13H21N3O/c1-14-10-13-11-16(7-8-17-13)6-4-12-3-2-5-15-9-12/h2-3,5,9,13-14H,4,6-8,10-11H2,1H3. The van der Waals surface area contributed by atoms with Crippen molar-refractivity contribution in [3.8, 4) is 0 Å². The predicted octanol–water partition coefficient (Wildman–Crippen LogP) is 0.544. The average molecular weight is 235 g/mol. The summed E-state index contributed by atoms with van der Waals surface area (Å²) in [6.45, 7) is 4.94. The highest BCUT2D eigenvalue weighted by molar-refractivity contribution is 5.08. The fraction of sp³-hybridized carbons (Fsp3) is 0.615. The van der Waals surface area contributed by atoms with Gasteiger partial charge in [-0.2, -0.15) is 0 Å². The zero-order valence-corrected chi connectivity index (χ0v) is 10.4. The maximum absolute atomic E-state index is 5.68. The number of likely N-dealkylation sites (N-methyl/N-ethyl adjacent to an activating group) is 1. The molecule has 94 valence electrons. The predicted molar refractivity (Wildman–Crippen MR) is 68.0 cm³/mol. The lowest BCUT2D eigenvalue weighted by Crippen LogP contribution is -2.46. The van der Waals surface area contributed by atoms with E-state index in [1.807, 2.05) is 25.5 Å². The van der Waals surface area contributed by atoms with Gasteiger partial charge in [-0.1, -0.05) is 6.07 Å². The van der Waals surface area contributed by atoms with Crippen LogP contribution in [0.4, 0.5) is 0 Å². The number of aromatic nitrogens is 1. The van der Waals surface area contributed by atoms with E-state index in [1.54, 1.807) is 0 Å². The number of rotatable bonds is 5. The van der Waals surface area contributed by atoms with Crippen LogP contribution in [-0.2, 0) is 11.2 Å². The fourth-order valence-corrected chi connectivity index (χ4v) is 2.17. The molecule has 1 aliphatic rings. The van der Waals surface area contributed by atoms with Gasteiger partial charge in [-0.25, -0.2) is 0 Å². The lowest BCUT2D eigenvalue weighted by atomic mass is 10.2. The summed E-state index contributed by atoms with van der Waals surface area (Å²) in [5, 5.41) is 3.17.